The lowest BCUT2D eigenvalue weighted by Gasteiger charge is -2.22. The normalized spacial score (nSPS) is 16.1. The Labute approximate surface area is 171 Å². The van der Waals surface area contributed by atoms with Gasteiger partial charge in [0.1, 0.15) is 17.6 Å². The summed E-state index contributed by atoms with van der Waals surface area (Å²) in [4.78, 5) is 6.49. The summed E-state index contributed by atoms with van der Waals surface area (Å²) in [5, 5.41) is 9.95. The molecule has 1 atom stereocenters. The first kappa shape index (κ1) is 19.3. The summed E-state index contributed by atoms with van der Waals surface area (Å²) in [6.07, 6.45) is 3.65. The fourth-order valence-electron chi connectivity index (χ4n) is 3.71. The lowest BCUT2D eigenvalue weighted by Crippen LogP contribution is -2.25. The molecule has 2 aromatic carbocycles. The Morgan fingerprint density at radius 1 is 1.07 bits per heavy atom. The van der Waals surface area contributed by atoms with Crippen molar-refractivity contribution >= 4 is 5.69 Å². The van der Waals surface area contributed by atoms with Crippen LogP contribution in [0.4, 0.5) is 5.69 Å². The maximum absolute atomic E-state index is 9.95. The molecule has 0 saturated carbocycles. The fourth-order valence-corrected chi connectivity index (χ4v) is 3.71. The molecule has 1 aromatic heterocycles. The Morgan fingerprint density at radius 3 is 2.72 bits per heavy atom. The molecule has 1 fully saturated rings. The van der Waals surface area contributed by atoms with Gasteiger partial charge in [0.15, 0.2) is 0 Å². The highest BCUT2D eigenvalue weighted by Crippen LogP contribution is 2.32. The molecule has 5 heteroatoms. The lowest BCUT2D eigenvalue weighted by molar-refractivity contribution is 0.216. The summed E-state index contributed by atoms with van der Waals surface area (Å²) in [6.45, 7) is 3.72. The molecule has 0 spiro atoms. The summed E-state index contributed by atoms with van der Waals surface area (Å²) in [7, 11) is 0. The molecule has 150 valence electrons. The third-order valence-electron chi connectivity index (χ3n) is 5.21. The smallest absolute Gasteiger partial charge is 0.213 e. The van der Waals surface area contributed by atoms with E-state index >= 15 is 0 Å². The van der Waals surface area contributed by atoms with Crippen LogP contribution in [-0.2, 0) is 13.0 Å². The van der Waals surface area contributed by atoms with E-state index in [-0.39, 0.29) is 12.7 Å². The number of anilines is 1. The van der Waals surface area contributed by atoms with Gasteiger partial charge in [-0.15, -0.1) is 0 Å². The van der Waals surface area contributed by atoms with Gasteiger partial charge in [-0.3, -0.25) is 0 Å². The first-order valence-corrected chi connectivity index (χ1v) is 10.1. The number of aromatic nitrogens is 1. The Bertz CT molecular complexity index is 946. The number of pyridine rings is 1. The Kier molecular flexibility index (Phi) is 5.96. The van der Waals surface area contributed by atoms with E-state index in [1.807, 2.05) is 54.6 Å². The zero-order chi connectivity index (χ0) is 20.1. The van der Waals surface area contributed by atoms with Crippen molar-refractivity contribution in [2.24, 2.45) is 0 Å². The number of nitrogens with zero attached hydrogens (tertiary/aromatic N) is 2. The standard InChI is InChI=1S/C24H26N2O3/c1-2-18-7-3-4-8-23(18)28-20-10-11-22(19(15-20)17-27)26-14-12-21(16-26)29-24-9-5-6-13-25-24/h3-11,13,15,21,27H,2,12,14,16-17H2,1H3/t21-/m0/s1. The predicted octanol–water partition coefficient (Wildman–Crippen LogP) is 4.59. The van der Waals surface area contributed by atoms with Gasteiger partial charge in [-0.05, 0) is 42.3 Å². The monoisotopic (exact) mass is 390 g/mol. The first-order valence-electron chi connectivity index (χ1n) is 10.1. The van der Waals surface area contributed by atoms with Crippen molar-refractivity contribution in [1.29, 1.82) is 0 Å². The number of aryl methyl sites for hydroxylation is 1. The third-order valence-corrected chi connectivity index (χ3v) is 5.21. The second-order valence-corrected chi connectivity index (χ2v) is 7.15. The van der Waals surface area contributed by atoms with Crippen molar-refractivity contribution in [3.8, 4) is 17.4 Å². The second kappa shape index (κ2) is 8.97. The lowest BCUT2D eigenvalue weighted by atomic mass is 10.1. The Hall–Kier alpha value is -3.05. The molecule has 29 heavy (non-hydrogen) atoms. The zero-order valence-corrected chi connectivity index (χ0v) is 16.6. The van der Waals surface area contributed by atoms with E-state index in [4.69, 9.17) is 9.47 Å². The second-order valence-electron chi connectivity index (χ2n) is 7.15. The molecule has 0 unspecified atom stereocenters. The minimum atomic E-state index is -0.0375. The van der Waals surface area contributed by atoms with Crippen molar-refractivity contribution in [1.82, 2.24) is 4.98 Å². The zero-order valence-electron chi connectivity index (χ0n) is 16.6. The minimum Gasteiger partial charge on any atom is -0.472 e. The van der Waals surface area contributed by atoms with Gasteiger partial charge in [0.25, 0.3) is 0 Å². The maximum Gasteiger partial charge on any atom is 0.213 e. The van der Waals surface area contributed by atoms with E-state index in [9.17, 15) is 5.11 Å². The molecular weight excluding hydrogens is 364 g/mol. The van der Waals surface area contributed by atoms with Crippen LogP contribution in [-0.4, -0.2) is 29.3 Å². The average molecular weight is 390 g/mol. The van der Waals surface area contributed by atoms with Crippen LogP contribution in [0.25, 0.3) is 0 Å². The van der Waals surface area contributed by atoms with E-state index < -0.39 is 0 Å². The fraction of sp³-hybridized carbons (Fsp3) is 0.292. The van der Waals surface area contributed by atoms with Crippen LogP contribution in [0.15, 0.2) is 66.9 Å². The molecule has 1 aliphatic rings. The van der Waals surface area contributed by atoms with E-state index in [1.165, 1.54) is 0 Å². The van der Waals surface area contributed by atoms with Crippen molar-refractivity contribution in [3.05, 3.63) is 78.0 Å². The van der Waals surface area contributed by atoms with Crippen LogP contribution in [0.3, 0.4) is 0 Å². The molecule has 1 N–H and O–H groups in total. The number of hydrogen-bond donors (Lipinski definition) is 1. The van der Waals surface area contributed by atoms with Crippen molar-refractivity contribution in [3.63, 3.8) is 0 Å². The summed E-state index contributed by atoms with van der Waals surface area (Å²) >= 11 is 0. The number of benzene rings is 2. The third kappa shape index (κ3) is 4.51. The highest BCUT2D eigenvalue weighted by molar-refractivity contribution is 5.57. The van der Waals surface area contributed by atoms with E-state index in [0.29, 0.717) is 5.88 Å². The highest BCUT2D eigenvalue weighted by Gasteiger charge is 2.26. The maximum atomic E-state index is 9.95. The van der Waals surface area contributed by atoms with Crippen LogP contribution in [0.2, 0.25) is 0 Å². The van der Waals surface area contributed by atoms with Gasteiger partial charge in [0, 0.05) is 36.5 Å². The molecular formula is C24H26N2O3. The van der Waals surface area contributed by atoms with Gasteiger partial charge in [-0.2, -0.15) is 0 Å². The van der Waals surface area contributed by atoms with Gasteiger partial charge in [-0.1, -0.05) is 31.2 Å². The Balaban J connectivity index is 1.47. The number of para-hydroxylation sites is 1. The molecule has 2 heterocycles. The quantitative estimate of drug-likeness (QED) is 0.640. The number of hydrogen-bond acceptors (Lipinski definition) is 5. The average Bonchev–Trinajstić information content (AvgIpc) is 3.23. The van der Waals surface area contributed by atoms with Crippen molar-refractivity contribution in [2.45, 2.75) is 32.5 Å². The van der Waals surface area contributed by atoms with Gasteiger partial charge in [0.2, 0.25) is 5.88 Å². The SMILES string of the molecule is CCc1ccccc1Oc1ccc(N2CC[C@H](Oc3ccccn3)C2)c(CO)c1. The summed E-state index contributed by atoms with van der Waals surface area (Å²) in [5.41, 5.74) is 3.04. The number of ether oxygens (including phenoxy) is 2. The van der Waals surface area contributed by atoms with Gasteiger partial charge < -0.3 is 19.5 Å². The van der Waals surface area contributed by atoms with Crippen LogP contribution in [0.5, 0.6) is 17.4 Å². The van der Waals surface area contributed by atoms with Crippen LogP contribution in [0, 0.1) is 0 Å². The molecule has 3 aromatic rings. The molecule has 0 aliphatic carbocycles. The van der Waals surface area contributed by atoms with Crippen LogP contribution < -0.4 is 14.4 Å². The Morgan fingerprint density at radius 2 is 1.93 bits per heavy atom. The molecule has 0 radical (unpaired) electrons. The molecule has 0 bridgehead atoms. The molecule has 1 saturated heterocycles. The molecule has 4 rings (SSSR count). The van der Waals surface area contributed by atoms with Crippen molar-refractivity contribution in [2.75, 3.05) is 18.0 Å². The largest absolute Gasteiger partial charge is 0.472 e. The highest BCUT2D eigenvalue weighted by atomic mass is 16.5. The number of rotatable bonds is 7. The van der Waals surface area contributed by atoms with E-state index in [2.05, 4.69) is 22.9 Å². The number of aliphatic hydroxyl groups excluding tert-OH is 1. The van der Waals surface area contributed by atoms with Crippen LogP contribution >= 0.6 is 0 Å². The van der Waals surface area contributed by atoms with Gasteiger partial charge in [0.05, 0.1) is 13.2 Å². The van der Waals surface area contributed by atoms with Gasteiger partial charge >= 0.3 is 0 Å². The van der Waals surface area contributed by atoms with E-state index in [0.717, 1.165) is 54.2 Å². The summed E-state index contributed by atoms with van der Waals surface area (Å²) in [5.74, 6) is 2.25. The van der Waals surface area contributed by atoms with Crippen molar-refractivity contribution < 1.29 is 14.6 Å². The van der Waals surface area contributed by atoms with Crippen LogP contribution in [0.1, 0.15) is 24.5 Å². The molecule has 0 amide bonds. The minimum absolute atomic E-state index is 0.0375. The first-order chi connectivity index (χ1) is 14.3. The number of aliphatic hydroxyl groups is 1. The predicted molar refractivity (Wildman–Crippen MR) is 114 cm³/mol. The van der Waals surface area contributed by atoms with E-state index in [1.54, 1.807) is 6.20 Å². The topological polar surface area (TPSA) is 54.8 Å². The van der Waals surface area contributed by atoms with Gasteiger partial charge in [-0.25, -0.2) is 4.98 Å². The summed E-state index contributed by atoms with van der Waals surface area (Å²) < 4.78 is 12.1. The summed E-state index contributed by atoms with van der Waals surface area (Å²) in [6, 6.07) is 19.6. The molecule has 5 nitrogen and oxygen atoms in total. The molecule has 1 aliphatic heterocycles.